The summed E-state index contributed by atoms with van der Waals surface area (Å²) in [7, 11) is 0. The van der Waals surface area contributed by atoms with Crippen LogP contribution in [-0.4, -0.2) is 77.2 Å². The summed E-state index contributed by atoms with van der Waals surface area (Å²) in [5, 5.41) is 0. The van der Waals surface area contributed by atoms with E-state index in [1.165, 1.54) is 16.7 Å². The number of hydrogen-bond donors (Lipinski definition) is 2. The molecule has 0 spiro atoms. The van der Waals surface area contributed by atoms with Crippen LogP contribution in [0.25, 0.3) is 0 Å². The van der Waals surface area contributed by atoms with E-state index in [9.17, 15) is 19.2 Å². The average Bonchev–Trinajstić information content (AvgIpc) is 3.24. The first kappa shape index (κ1) is 21.3. The van der Waals surface area contributed by atoms with Gasteiger partial charge in [0.05, 0.1) is 12.1 Å². The number of ketones is 1. The Morgan fingerprint density at radius 2 is 1.78 bits per heavy atom. The highest BCUT2D eigenvalue weighted by atomic mass is 16.5. The van der Waals surface area contributed by atoms with Crippen molar-refractivity contribution in [2.75, 3.05) is 19.7 Å². The molecule has 0 bridgehead atoms. The second-order valence-electron chi connectivity index (χ2n) is 7.67. The van der Waals surface area contributed by atoms with E-state index in [2.05, 4.69) is 0 Å². The fraction of sp³-hybridized carbons (Fsp3) is 0.778. The zero-order valence-electron chi connectivity index (χ0n) is 16.2. The minimum Gasteiger partial charge on any atom is -0.462 e. The van der Waals surface area contributed by atoms with Crippen molar-refractivity contribution in [2.24, 2.45) is 17.4 Å². The molecule has 27 heavy (non-hydrogen) atoms. The molecule has 9 heteroatoms. The number of rotatable bonds is 6. The van der Waals surface area contributed by atoms with Crippen molar-refractivity contribution in [3.8, 4) is 0 Å². The van der Waals surface area contributed by atoms with Crippen molar-refractivity contribution in [1.29, 1.82) is 0 Å². The molecule has 0 unspecified atom stereocenters. The first-order valence-corrected chi connectivity index (χ1v) is 9.42. The maximum Gasteiger partial charge on any atom is 0.328 e. The fourth-order valence-corrected chi connectivity index (χ4v) is 3.78. The van der Waals surface area contributed by atoms with E-state index < -0.39 is 36.0 Å². The predicted octanol–water partition coefficient (Wildman–Crippen LogP) is -0.979. The summed E-state index contributed by atoms with van der Waals surface area (Å²) in [4.78, 5) is 51.7. The van der Waals surface area contributed by atoms with Crippen LogP contribution < -0.4 is 11.5 Å². The van der Waals surface area contributed by atoms with Gasteiger partial charge in [0.25, 0.3) is 0 Å². The molecule has 0 saturated carbocycles. The highest BCUT2D eigenvalue weighted by Gasteiger charge is 2.40. The molecule has 5 atom stereocenters. The van der Waals surface area contributed by atoms with Crippen LogP contribution in [0.2, 0.25) is 0 Å². The lowest BCUT2D eigenvalue weighted by molar-refractivity contribution is -0.155. The van der Waals surface area contributed by atoms with Gasteiger partial charge in [-0.15, -0.1) is 0 Å². The van der Waals surface area contributed by atoms with Crippen LogP contribution in [0.5, 0.6) is 0 Å². The maximum absolute atomic E-state index is 12.5. The number of amides is 2. The molecule has 2 amide bonds. The van der Waals surface area contributed by atoms with E-state index in [1.54, 1.807) is 6.92 Å². The third-order valence-corrected chi connectivity index (χ3v) is 5.18. The second kappa shape index (κ2) is 8.79. The molecule has 9 nitrogen and oxygen atoms in total. The zero-order chi connectivity index (χ0) is 20.3. The summed E-state index contributed by atoms with van der Waals surface area (Å²) in [5.41, 5.74) is 11.5. The van der Waals surface area contributed by atoms with Crippen molar-refractivity contribution >= 4 is 23.6 Å². The molecule has 0 aromatic heterocycles. The van der Waals surface area contributed by atoms with E-state index in [0.717, 1.165) is 6.42 Å². The summed E-state index contributed by atoms with van der Waals surface area (Å²) in [6.07, 6.45) is 1.86. The Balaban J connectivity index is 1.93. The number of Topliss-reactive ketones (excluding diaryl/α,β-unsaturated/α-hetero) is 1. The van der Waals surface area contributed by atoms with Crippen LogP contribution in [0.4, 0.5) is 0 Å². The van der Waals surface area contributed by atoms with Crippen molar-refractivity contribution in [2.45, 2.75) is 64.2 Å². The third kappa shape index (κ3) is 4.84. The van der Waals surface area contributed by atoms with E-state index in [1.807, 2.05) is 6.92 Å². The number of nitrogens with zero attached hydrogens (tertiary/aromatic N) is 2. The Kier molecular flexibility index (Phi) is 6.94. The minimum absolute atomic E-state index is 0.0740. The van der Waals surface area contributed by atoms with Crippen LogP contribution in [0.1, 0.15) is 40.0 Å². The third-order valence-electron chi connectivity index (χ3n) is 5.18. The predicted molar refractivity (Wildman–Crippen MR) is 97.3 cm³/mol. The van der Waals surface area contributed by atoms with Gasteiger partial charge in [0.15, 0.2) is 5.78 Å². The van der Waals surface area contributed by atoms with Crippen LogP contribution in [-0.2, 0) is 23.9 Å². The normalized spacial score (nSPS) is 27.4. The topological polar surface area (TPSA) is 136 Å². The Morgan fingerprint density at radius 3 is 2.37 bits per heavy atom. The van der Waals surface area contributed by atoms with Crippen molar-refractivity contribution < 1.29 is 23.9 Å². The summed E-state index contributed by atoms with van der Waals surface area (Å²) in [5.74, 6) is -1.20. The molecule has 0 aromatic carbocycles. The monoisotopic (exact) mass is 382 g/mol. The molecule has 2 saturated heterocycles. The Labute approximate surface area is 159 Å². The van der Waals surface area contributed by atoms with Crippen LogP contribution >= 0.6 is 0 Å². The van der Waals surface area contributed by atoms with Crippen LogP contribution in [0.15, 0.2) is 0 Å². The molecular weight excluding hydrogens is 352 g/mol. The number of esters is 1. The van der Waals surface area contributed by atoms with Crippen molar-refractivity contribution in [3.05, 3.63) is 0 Å². The number of carbonyl (C=O) groups is 4. The van der Waals surface area contributed by atoms with Gasteiger partial charge in [0.1, 0.15) is 18.7 Å². The van der Waals surface area contributed by atoms with Gasteiger partial charge in [-0.2, -0.15) is 0 Å². The Morgan fingerprint density at radius 1 is 1.11 bits per heavy atom. The molecule has 0 radical (unpaired) electrons. The van der Waals surface area contributed by atoms with Gasteiger partial charge in [-0.25, -0.2) is 4.79 Å². The summed E-state index contributed by atoms with van der Waals surface area (Å²) < 4.78 is 5.24. The minimum atomic E-state index is -1.04. The smallest absolute Gasteiger partial charge is 0.328 e. The van der Waals surface area contributed by atoms with Gasteiger partial charge in [0.2, 0.25) is 11.8 Å². The number of hydrogen-bond acceptors (Lipinski definition) is 7. The lowest BCUT2D eigenvalue weighted by Crippen LogP contribution is -2.51. The van der Waals surface area contributed by atoms with E-state index in [4.69, 9.17) is 16.2 Å². The standard InChI is InChI=1S/C18H30N4O5/c1-10-7-15(22(8-10)16(24)11(2)19)18(26)27-9-13(20)17(25)21-6-4-5-14(21)12(3)23/h10-11,13-15H,4-9,19-20H2,1-3H3/t10-,11-,13-,14-,15-/m0/s1. The summed E-state index contributed by atoms with van der Waals surface area (Å²) >= 11 is 0. The van der Waals surface area contributed by atoms with E-state index in [-0.39, 0.29) is 24.2 Å². The van der Waals surface area contributed by atoms with Gasteiger partial charge in [-0.05, 0) is 39.0 Å². The molecule has 152 valence electrons. The molecule has 2 aliphatic heterocycles. The first-order valence-electron chi connectivity index (χ1n) is 9.42. The molecule has 4 N–H and O–H groups in total. The zero-order valence-corrected chi connectivity index (χ0v) is 16.2. The SMILES string of the molecule is CC(=O)[C@@H]1CCCN1C(=O)[C@@H](N)COC(=O)[C@@H]1C[C@H](C)CN1C(=O)[C@H](C)N. The van der Waals surface area contributed by atoms with Crippen molar-refractivity contribution in [1.82, 2.24) is 9.80 Å². The number of likely N-dealkylation sites (tertiary alicyclic amines) is 2. The maximum atomic E-state index is 12.5. The number of carbonyl (C=O) groups excluding carboxylic acids is 4. The van der Waals surface area contributed by atoms with Gasteiger partial charge in [0, 0.05) is 13.1 Å². The van der Waals surface area contributed by atoms with E-state index in [0.29, 0.717) is 25.9 Å². The number of ether oxygens (including phenoxy) is 1. The summed E-state index contributed by atoms with van der Waals surface area (Å²) in [6, 6.07) is -2.90. The van der Waals surface area contributed by atoms with Gasteiger partial charge >= 0.3 is 5.97 Å². The average molecular weight is 382 g/mol. The largest absolute Gasteiger partial charge is 0.462 e. The van der Waals surface area contributed by atoms with Gasteiger partial charge < -0.3 is 26.0 Å². The highest BCUT2D eigenvalue weighted by Crippen LogP contribution is 2.24. The van der Waals surface area contributed by atoms with Crippen LogP contribution in [0.3, 0.4) is 0 Å². The molecule has 2 aliphatic rings. The van der Waals surface area contributed by atoms with Gasteiger partial charge in [-0.1, -0.05) is 6.92 Å². The molecule has 2 fully saturated rings. The molecule has 0 aliphatic carbocycles. The first-order chi connectivity index (χ1) is 12.6. The highest BCUT2D eigenvalue weighted by molar-refractivity contribution is 5.91. The molecule has 2 rings (SSSR count). The lowest BCUT2D eigenvalue weighted by atomic mass is 10.1. The van der Waals surface area contributed by atoms with Crippen molar-refractivity contribution in [3.63, 3.8) is 0 Å². The Bertz CT molecular complexity index is 609. The molecular formula is C18H30N4O5. The fourth-order valence-electron chi connectivity index (χ4n) is 3.78. The van der Waals surface area contributed by atoms with Gasteiger partial charge in [-0.3, -0.25) is 14.4 Å². The number of nitrogens with two attached hydrogens (primary N) is 2. The van der Waals surface area contributed by atoms with Crippen LogP contribution in [0, 0.1) is 5.92 Å². The van der Waals surface area contributed by atoms with E-state index >= 15 is 0 Å². The lowest BCUT2D eigenvalue weighted by Gasteiger charge is -2.27. The molecule has 2 heterocycles. The molecule has 0 aromatic rings. The quantitative estimate of drug-likeness (QED) is 0.564. The Hall–Kier alpha value is -2.00. The summed E-state index contributed by atoms with van der Waals surface area (Å²) in [6.45, 7) is 5.60. The second-order valence-corrected chi connectivity index (χ2v) is 7.67.